The standard InChI is InChI=1S/C20H29NO4/c1-19(2)13-7-8-20(19,3)16(11-13)21-18(22)12-9-14(23-4)17(25-6)15(10-12)24-5/h9-10,13,16H,7-8,11H2,1-6H3,(H,21,22)/t13-,16+,20-/m1/s1. The van der Waals surface area contributed by atoms with Gasteiger partial charge in [0.15, 0.2) is 11.5 Å². The molecule has 5 heteroatoms. The molecule has 3 atom stereocenters. The van der Waals surface area contributed by atoms with E-state index in [0.717, 1.165) is 6.42 Å². The highest BCUT2D eigenvalue weighted by Crippen LogP contribution is 2.65. The zero-order valence-corrected chi connectivity index (χ0v) is 16.1. The summed E-state index contributed by atoms with van der Waals surface area (Å²) in [6.45, 7) is 7.01. The van der Waals surface area contributed by atoms with Crippen LogP contribution in [-0.2, 0) is 0 Å². The maximum absolute atomic E-state index is 12.9. The molecule has 0 aliphatic heterocycles. The molecule has 2 aliphatic rings. The van der Waals surface area contributed by atoms with Crippen molar-refractivity contribution in [1.82, 2.24) is 5.32 Å². The zero-order valence-electron chi connectivity index (χ0n) is 16.1. The summed E-state index contributed by atoms with van der Waals surface area (Å²) in [5, 5.41) is 3.27. The predicted octanol–water partition coefficient (Wildman–Crippen LogP) is 3.66. The highest BCUT2D eigenvalue weighted by Gasteiger charge is 2.61. The summed E-state index contributed by atoms with van der Waals surface area (Å²) in [4.78, 5) is 12.9. The number of hydrogen-bond donors (Lipinski definition) is 1. The van der Waals surface area contributed by atoms with Gasteiger partial charge in [0.2, 0.25) is 5.75 Å². The van der Waals surface area contributed by atoms with Crippen molar-refractivity contribution in [1.29, 1.82) is 0 Å². The van der Waals surface area contributed by atoms with E-state index in [4.69, 9.17) is 14.2 Å². The SMILES string of the molecule is COc1cc(C(=O)N[C@H]2C[C@H]3CC[C@@]2(C)C3(C)C)cc(OC)c1OC. The number of fused-ring (bicyclic) bond motifs is 2. The molecule has 1 N–H and O–H groups in total. The first-order valence-corrected chi connectivity index (χ1v) is 8.89. The average Bonchev–Trinajstić information content (AvgIpc) is 2.93. The van der Waals surface area contributed by atoms with Gasteiger partial charge in [-0.25, -0.2) is 0 Å². The molecule has 5 nitrogen and oxygen atoms in total. The molecular formula is C20H29NO4. The quantitative estimate of drug-likeness (QED) is 0.883. The van der Waals surface area contributed by atoms with Crippen molar-refractivity contribution in [2.45, 2.75) is 46.1 Å². The number of carbonyl (C=O) groups excluding carboxylic acids is 1. The summed E-state index contributed by atoms with van der Waals surface area (Å²) in [5.41, 5.74) is 0.937. The molecule has 2 saturated carbocycles. The Hall–Kier alpha value is -1.91. The van der Waals surface area contributed by atoms with E-state index < -0.39 is 0 Å². The van der Waals surface area contributed by atoms with Crippen molar-refractivity contribution in [3.05, 3.63) is 17.7 Å². The predicted molar refractivity (Wildman–Crippen MR) is 96.6 cm³/mol. The van der Waals surface area contributed by atoms with E-state index in [1.54, 1.807) is 33.5 Å². The normalized spacial score (nSPS) is 29.4. The summed E-state index contributed by atoms with van der Waals surface area (Å²) < 4.78 is 16.0. The molecule has 138 valence electrons. The molecule has 1 amide bonds. The Morgan fingerprint density at radius 3 is 2.08 bits per heavy atom. The maximum atomic E-state index is 12.9. The van der Waals surface area contributed by atoms with Crippen LogP contribution in [0.3, 0.4) is 0 Å². The van der Waals surface area contributed by atoms with E-state index in [2.05, 4.69) is 26.1 Å². The molecule has 0 spiro atoms. The Balaban J connectivity index is 1.85. The summed E-state index contributed by atoms with van der Waals surface area (Å²) in [6, 6.07) is 3.61. The highest BCUT2D eigenvalue weighted by atomic mass is 16.5. The molecule has 0 radical (unpaired) electrons. The van der Waals surface area contributed by atoms with Crippen molar-refractivity contribution in [3.8, 4) is 17.2 Å². The van der Waals surface area contributed by atoms with Gasteiger partial charge in [-0.1, -0.05) is 20.8 Å². The second-order valence-corrected chi connectivity index (χ2v) is 8.05. The Kier molecular flexibility index (Phi) is 4.38. The molecule has 25 heavy (non-hydrogen) atoms. The number of rotatable bonds is 5. The Labute approximate surface area is 150 Å². The van der Waals surface area contributed by atoms with Crippen LogP contribution in [0.5, 0.6) is 17.2 Å². The molecule has 0 unspecified atom stereocenters. The minimum absolute atomic E-state index is 0.0890. The molecule has 1 aromatic carbocycles. The average molecular weight is 347 g/mol. The van der Waals surface area contributed by atoms with Crippen LogP contribution in [-0.4, -0.2) is 33.3 Å². The van der Waals surface area contributed by atoms with Gasteiger partial charge in [-0.05, 0) is 48.1 Å². The van der Waals surface area contributed by atoms with Gasteiger partial charge in [0.05, 0.1) is 21.3 Å². The van der Waals surface area contributed by atoms with Crippen LogP contribution in [0.1, 0.15) is 50.4 Å². The lowest BCUT2D eigenvalue weighted by Crippen LogP contribution is -2.46. The topological polar surface area (TPSA) is 56.8 Å². The van der Waals surface area contributed by atoms with E-state index >= 15 is 0 Å². The van der Waals surface area contributed by atoms with E-state index in [1.807, 2.05) is 0 Å². The van der Waals surface area contributed by atoms with Gasteiger partial charge in [0, 0.05) is 11.6 Å². The molecule has 1 aromatic rings. The van der Waals surface area contributed by atoms with Crippen LogP contribution in [0.25, 0.3) is 0 Å². The second-order valence-electron chi connectivity index (χ2n) is 8.05. The lowest BCUT2D eigenvalue weighted by atomic mass is 9.69. The number of methoxy groups -OCH3 is 3. The van der Waals surface area contributed by atoms with Crippen LogP contribution < -0.4 is 19.5 Å². The molecular weight excluding hydrogens is 318 g/mol. The lowest BCUT2D eigenvalue weighted by molar-refractivity contribution is 0.0825. The Morgan fingerprint density at radius 1 is 1.08 bits per heavy atom. The van der Waals surface area contributed by atoms with Gasteiger partial charge in [0.1, 0.15) is 0 Å². The lowest BCUT2D eigenvalue weighted by Gasteiger charge is -2.39. The largest absolute Gasteiger partial charge is 0.493 e. The molecule has 0 heterocycles. The van der Waals surface area contributed by atoms with E-state index in [-0.39, 0.29) is 22.8 Å². The molecule has 2 aliphatic carbocycles. The third-order valence-corrected chi connectivity index (χ3v) is 7.03. The number of nitrogens with one attached hydrogen (secondary N) is 1. The van der Waals surface area contributed by atoms with Crippen LogP contribution in [0.4, 0.5) is 0 Å². The monoisotopic (exact) mass is 347 g/mol. The summed E-state index contributed by atoms with van der Waals surface area (Å²) in [5.74, 6) is 2.07. The fourth-order valence-electron chi connectivity index (χ4n) is 4.88. The van der Waals surface area contributed by atoms with Gasteiger partial charge in [-0.15, -0.1) is 0 Å². The van der Waals surface area contributed by atoms with Crippen molar-refractivity contribution < 1.29 is 19.0 Å². The molecule has 3 rings (SSSR count). The first-order valence-electron chi connectivity index (χ1n) is 8.89. The van der Waals surface area contributed by atoms with Gasteiger partial charge in [-0.2, -0.15) is 0 Å². The molecule has 2 fully saturated rings. The number of hydrogen-bond acceptors (Lipinski definition) is 4. The Bertz CT molecular complexity index is 659. The number of ether oxygens (including phenoxy) is 3. The molecule has 0 saturated heterocycles. The third-order valence-electron chi connectivity index (χ3n) is 7.03. The van der Waals surface area contributed by atoms with Crippen LogP contribution in [0.15, 0.2) is 12.1 Å². The smallest absolute Gasteiger partial charge is 0.251 e. The van der Waals surface area contributed by atoms with Crippen LogP contribution in [0.2, 0.25) is 0 Å². The minimum atomic E-state index is -0.0890. The highest BCUT2D eigenvalue weighted by molar-refractivity contribution is 5.96. The summed E-state index contributed by atoms with van der Waals surface area (Å²) >= 11 is 0. The summed E-state index contributed by atoms with van der Waals surface area (Å²) in [7, 11) is 4.66. The number of amides is 1. The summed E-state index contributed by atoms with van der Waals surface area (Å²) in [6.07, 6.45) is 3.49. The van der Waals surface area contributed by atoms with Crippen LogP contribution in [0, 0.1) is 16.7 Å². The van der Waals surface area contributed by atoms with E-state index in [0.29, 0.717) is 28.7 Å². The number of carbonyl (C=O) groups is 1. The van der Waals surface area contributed by atoms with Crippen molar-refractivity contribution in [2.24, 2.45) is 16.7 Å². The molecule has 2 bridgehead atoms. The maximum Gasteiger partial charge on any atom is 0.251 e. The van der Waals surface area contributed by atoms with Gasteiger partial charge in [0.25, 0.3) is 5.91 Å². The third kappa shape index (κ3) is 2.55. The van der Waals surface area contributed by atoms with Crippen molar-refractivity contribution >= 4 is 5.91 Å². The zero-order chi connectivity index (χ0) is 18.4. The Morgan fingerprint density at radius 2 is 1.68 bits per heavy atom. The van der Waals surface area contributed by atoms with E-state index in [1.165, 1.54) is 12.8 Å². The van der Waals surface area contributed by atoms with Gasteiger partial charge >= 0.3 is 0 Å². The fraction of sp³-hybridized carbons (Fsp3) is 0.650. The van der Waals surface area contributed by atoms with Crippen molar-refractivity contribution in [2.75, 3.05) is 21.3 Å². The van der Waals surface area contributed by atoms with Gasteiger partial charge in [-0.3, -0.25) is 4.79 Å². The second kappa shape index (κ2) is 6.11. The molecule has 0 aromatic heterocycles. The first-order chi connectivity index (χ1) is 11.8. The van der Waals surface area contributed by atoms with E-state index in [9.17, 15) is 4.79 Å². The van der Waals surface area contributed by atoms with Crippen molar-refractivity contribution in [3.63, 3.8) is 0 Å². The fourth-order valence-corrected chi connectivity index (χ4v) is 4.88. The van der Waals surface area contributed by atoms with Crippen LogP contribution >= 0.6 is 0 Å². The first kappa shape index (κ1) is 17.9. The van der Waals surface area contributed by atoms with Gasteiger partial charge < -0.3 is 19.5 Å². The minimum Gasteiger partial charge on any atom is -0.493 e. The number of benzene rings is 1.